The molecule has 9 atom stereocenters. The van der Waals surface area contributed by atoms with E-state index in [2.05, 4.69) is 6.58 Å². The SMILES string of the molecule is C=C[C@@]1(C)CC(=O)[C@]2(O)[C@@]3(C)[C@@H](O)CCC(C)(C)[C@@H]3[C@H](O)[C@H](OC(=O)C(C)N)[C@@]2(C)O1. The lowest BCUT2D eigenvalue weighted by Gasteiger charge is -2.71. The summed E-state index contributed by atoms with van der Waals surface area (Å²) in [7, 11) is 0. The molecule has 0 spiro atoms. The predicted molar refractivity (Wildman–Crippen MR) is 113 cm³/mol. The Morgan fingerprint density at radius 1 is 1.29 bits per heavy atom. The molecule has 0 bridgehead atoms. The van der Waals surface area contributed by atoms with Gasteiger partial charge in [-0.2, -0.15) is 0 Å². The highest BCUT2D eigenvalue weighted by molar-refractivity contribution is 5.92. The van der Waals surface area contributed by atoms with Crippen molar-refractivity contribution in [1.29, 1.82) is 0 Å². The zero-order chi connectivity index (χ0) is 23.8. The summed E-state index contributed by atoms with van der Waals surface area (Å²) < 4.78 is 11.9. The van der Waals surface area contributed by atoms with Crippen molar-refractivity contribution in [2.45, 2.75) is 102 Å². The van der Waals surface area contributed by atoms with Crippen molar-refractivity contribution in [3.63, 3.8) is 0 Å². The molecule has 3 aliphatic rings. The lowest BCUT2D eigenvalue weighted by Crippen LogP contribution is -2.86. The third-order valence-electron chi connectivity index (χ3n) is 8.34. The van der Waals surface area contributed by atoms with E-state index >= 15 is 0 Å². The number of nitrogens with two attached hydrogens (primary N) is 1. The summed E-state index contributed by atoms with van der Waals surface area (Å²) in [5.74, 6) is -2.08. The smallest absolute Gasteiger partial charge is 0.323 e. The molecule has 0 aromatic carbocycles. The van der Waals surface area contributed by atoms with Crippen LogP contribution in [-0.4, -0.2) is 68.2 Å². The largest absolute Gasteiger partial charge is 0.455 e. The second kappa shape index (κ2) is 7.09. The summed E-state index contributed by atoms with van der Waals surface area (Å²) in [5, 5.41) is 35.0. The third kappa shape index (κ3) is 2.99. The maximum atomic E-state index is 13.7. The van der Waals surface area contributed by atoms with Crippen LogP contribution >= 0.6 is 0 Å². The minimum absolute atomic E-state index is 0.165. The number of ether oxygens (including phenoxy) is 2. The van der Waals surface area contributed by atoms with Crippen LogP contribution in [0.25, 0.3) is 0 Å². The van der Waals surface area contributed by atoms with Gasteiger partial charge < -0.3 is 30.5 Å². The number of hydrogen-bond donors (Lipinski definition) is 4. The molecule has 3 rings (SSSR count). The first-order valence-corrected chi connectivity index (χ1v) is 10.9. The molecule has 2 saturated carbocycles. The minimum atomic E-state index is -2.23. The molecule has 5 N–H and O–H groups in total. The van der Waals surface area contributed by atoms with Crippen LogP contribution in [0.2, 0.25) is 0 Å². The van der Waals surface area contributed by atoms with Gasteiger partial charge in [0.25, 0.3) is 0 Å². The number of aliphatic hydroxyl groups is 3. The Balaban J connectivity index is 2.30. The first-order chi connectivity index (χ1) is 14.0. The Kier molecular flexibility index (Phi) is 5.56. The Morgan fingerprint density at radius 2 is 1.87 bits per heavy atom. The molecule has 31 heavy (non-hydrogen) atoms. The van der Waals surface area contributed by atoms with E-state index in [9.17, 15) is 24.9 Å². The highest BCUT2D eigenvalue weighted by Gasteiger charge is 2.81. The van der Waals surface area contributed by atoms with E-state index in [1.807, 2.05) is 13.8 Å². The predicted octanol–water partition coefficient (Wildman–Crippen LogP) is 0.847. The zero-order valence-electron chi connectivity index (χ0n) is 19.3. The molecule has 8 heteroatoms. The fraction of sp³-hybridized carbons (Fsp3) is 0.826. The van der Waals surface area contributed by atoms with Crippen LogP contribution in [0.4, 0.5) is 0 Å². The van der Waals surface area contributed by atoms with E-state index < -0.39 is 69.7 Å². The van der Waals surface area contributed by atoms with Crippen LogP contribution in [0.1, 0.15) is 60.8 Å². The van der Waals surface area contributed by atoms with Crippen molar-refractivity contribution in [3.05, 3.63) is 12.7 Å². The van der Waals surface area contributed by atoms with E-state index in [0.29, 0.717) is 12.8 Å². The number of esters is 1. The summed E-state index contributed by atoms with van der Waals surface area (Å²) in [6, 6.07) is -0.979. The second-order valence-electron chi connectivity index (χ2n) is 11.0. The van der Waals surface area contributed by atoms with Gasteiger partial charge in [0.1, 0.15) is 11.6 Å². The van der Waals surface area contributed by atoms with Crippen molar-refractivity contribution in [3.8, 4) is 0 Å². The molecule has 2 aliphatic carbocycles. The molecule has 176 valence electrons. The summed E-state index contributed by atoms with van der Waals surface area (Å²) in [5.41, 5.74) is -1.55. The van der Waals surface area contributed by atoms with E-state index in [1.165, 1.54) is 19.9 Å². The lowest BCUT2D eigenvalue weighted by atomic mass is 9.40. The van der Waals surface area contributed by atoms with Crippen molar-refractivity contribution in [2.24, 2.45) is 22.5 Å². The fourth-order valence-electron chi connectivity index (χ4n) is 6.71. The van der Waals surface area contributed by atoms with E-state index in [0.717, 1.165) is 0 Å². The first-order valence-electron chi connectivity index (χ1n) is 10.9. The Hall–Kier alpha value is -1.32. The second-order valence-corrected chi connectivity index (χ2v) is 11.0. The standard InChI is InChI=1S/C23H37NO7/c1-8-20(5)11-14(26)23(29)21(6)13(25)9-10-19(3,4)16(21)15(27)17(22(23,7)31-20)30-18(28)12(2)24/h8,12-13,15-17,25,27,29H,1,9-11,24H2,2-7H3/t12?,13-,15-,16-,17-,20-,21-,22+,23-/m0/s1. The van der Waals surface area contributed by atoms with Crippen LogP contribution in [-0.2, 0) is 19.1 Å². The number of carbonyl (C=O) groups is 2. The fourth-order valence-corrected chi connectivity index (χ4v) is 6.71. The maximum Gasteiger partial charge on any atom is 0.323 e. The van der Waals surface area contributed by atoms with Crippen molar-refractivity contribution in [1.82, 2.24) is 0 Å². The Bertz CT molecular complexity index is 797. The molecule has 3 fully saturated rings. The van der Waals surface area contributed by atoms with Crippen molar-refractivity contribution >= 4 is 11.8 Å². The molecular weight excluding hydrogens is 402 g/mol. The van der Waals surface area contributed by atoms with Gasteiger partial charge in [0.15, 0.2) is 17.5 Å². The van der Waals surface area contributed by atoms with Gasteiger partial charge in [-0.25, -0.2) is 0 Å². The average Bonchev–Trinajstić information content (AvgIpc) is 2.65. The molecule has 0 aromatic rings. The lowest BCUT2D eigenvalue weighted by molar-refractivity contribution is -0.370. The van der Waals surface area contributed by atoms with Gasteiger partial charge in [-0.05, 0) is 39.0 Å². The average molecular weight is 440 g/mol. The van der Waals surface area contributed by atoms with Gasteiger partial charge >= 0.3 is 5.97 Å². The topological polar surface area (TPSA) is 139 Å². The Labute approximate surface area is 183 Å². The first kappa shape index (κ1) is 24.3. The number of carbonyl (C=O) groups excluding carboxylic acids is 2. The van der Waals surface area contributed by atoms with Gasteiger partial charge in [-0.3, -0.25) is 9.59 Å². The van der Waals surface area contributed by atoms with E-state index in [4.69, 9.17) is 15.2 Å². The van der Waals surface area contributed by atoms with Gasteiger partial charge in [-0.15, -0.1) is 6.58 Å². The molecule has 1 aliphatic heterocycles. The van der Waals surface area contributed by atoms with Crippen LogP contribution in [0.5, 0.6) is 0 Å². The number of fused-ring (bicyclic) bond motifs is 3. The van der Waals surface area contributed by atoms with Gasteiger partial charge in [0, 0.05) is 17.8 Å². The van der Waals surface area contributed by atoms with Gasteiger partial charge in [0.2, 0.25) is 0 Å². The molecular formula is C23H37NO7. The van der Waals surface area contributed by atoms with Crippen LogP contribution in [0, 0.1) is 16.7 Å². The third-order valence-corrected chi connectivity index (χ3v) is 8.34. The van der Waals surface area contributed by atoms with Crippen molar-refractivity contribution in [2.75, 3.05) is 0 Å². The number of ketones is 1. The quantitative estimate of drug-likeness (QED) is 0.375. The summed E-state index contributed by atoms with van der Waals surface area (Å²) in [6.07, 6.45) is -1.57. The number of rotatable bonds is 3. The monoisotopic (exact) mass is 439 g/mol. The highest BCUT2D eigenvalue weighted by atomic mass is 16.6. The molecule has 1 unspecified atom stereocenters. The van der Waals surface area contributed by atoms with Crippen LogP contribution in [0.15, 0.2) is 12.7 Å². The molecule has 0 radical (unpaired) electrons. The molecule has 0 aromatic heterocycles. The highest BCUT2D eigenvalue weighted by Crippen LogP contribution is 2.67. The van der Waals surface area contributed by atoms with Crippen LogP contribution < -0.4 is 5.73 Å². The molecule has 1 heterocycles. The summed E-state index contributed by atoms with van der Waals surface area (Å²) in [6.45, 7) is 13.8. The van der Waals surface area contributed by atoms with Gasteiger partial charge in [-0.1, -0.05) is 26.8 Å². The molecule has 1 saturated heterocycles. The minimum Gasteiger partial charge on any atom is -0.455 e. The number of hydrogen-bond acceptors (Lipinski definition) is 8. The van der Waals surface area contributed by atoms with E-state index in [1.54, 1.807) is 13.8 Å². The zero-order valence-corrected chi connectivity index (χ0v) is 19.3. The van der Waals surface area contributed by atoms with Gasteiger partial charge in [0.05, 0.1) is 17.8 Å². The van der Waals surface area contributed by atoms with Crippen LogP contribution in [0.3, 0.4) is 0 Å². The molecule has 0 amide bonds. The number of Topliss-reactive ketones (excluding diaryl/α,β-unsaturated/α-hetero) is 1. The molecule has 8 nitrogen and oxygen atoms in total. The maximum absolute atomic E-state index is 13.7. The van der Waals surface area contributed by atoms with Crippen molar-refractivity contribution < 1.29 is 34.4 Å². The normalized spacial score (nSPS) is 50.1. The number of aliphatic hydroxyl groups excluding tert-OH is 2. The summed E-state index contributed by atoms with van der Waals surface area (Å²) in [4.78, 5) is 26.2. The summed E-state index contributed by atoms with van der Waals surface area (Å²) >= 11 is 0. The Morgan fingerprint density at radius 3 is 2.39 bits per heavy atom. The van der Waals surface area contributed by atoms with E-state index in [-0.39, 0.29) is 6.42 Å².